The Morgan fingerprint density at radius 3 is 2.50 bits per heavy atom. The molecule has 0 aliphatic heterocycles. The van der Waals surface area contributed by atoms with Gasteiger partial charge in [-0.2, -0.15) is 0 Å². The van der Waals surface area contributed by atoms with Crippen molar-refractivity contribution < 1.29 is 9.90 Å². The highest BCUT2D eigenvalue weighted by Crippen LogP contribution is 2.25. The minimum atomic E-state index is -0.958. The van der Waals surface area contributed by atoms with Gasteiger partial charge in [-0.05, 0) is 10.8 Å². The van der Waals surface area contributed by atoms with E-state index in [4.69, 9.17) is 5.11 Å². The van der Waals surface area contributed by atoms with Crippen LogP contribution in [0.1, 0.15) is 0 Å². The fourth-order valence-corrected chi connectivity index (χ4v) is 2.01. The summed E-state index contributed by atoms with van der Waals surface area (Å²) in [5.41, 5.74) is 0. The first-order valence-electron chi connectivity index (χ1n) is 4.98. The van der Waals surface area contributed by atoms with Crippen molar-refractivity contribution >= 4 is 27.6 Å². The molecular weight excluding hydrogens is 202 g/mol. The number of carboxylic acid groups (broad SMARTS) is 1. The maximum Gasteiger partial charge on any atom is 0.415 e. The zero-order valence-electron chi connectivity index (χ0n) is 8.42. The van der Waals surface area contributed by atoms with Crippen LogP contribution in [0.3, 0.4) is 0 Å². The highest BCUT2D eigenvalue weighted by molar-refractivity contribution is 6.08. The summed E-state index contributed by atoms with van der Waals surface area (Å²) in [7, 11) is 0. The molecule has 16 heavy (non-hydrogen) atoms. The summed E-state index contributed by atoms with van der Waals surface area (Å²) in [6.07, 6.45) is 2.32. The van der Waals surface area contributed by atoms with E-state index in [9.17, 15) is 4.79 Å². The Morgan fingerprint density at radius 2 is 1.69 bits per heavy atom. The third kappa shape index (κ3) is 1.18. The van der Waals surface area contributed by atoms with Crippen LogP contribution in [0.2, 0.25) is 0 Å². The summed E-state index contributed by atoms with van der Waals surface area (Å²) in [4.78, 5) is 10.9. The van der Waals surface area contributed by atoms with Crippen LogP contribution in [0.4, 0.5) is 4.79 Å². The normalized spacial score (nSPS) is 11.0. The molecule has 1 N–H and O–H groups in total. The molecule has 3 heteroatoms. The molecule has 0 fully saturated rings. The number of hydrogen-bond donors (Lipinski definition) is 1. The Balaban J connectivity index is 2.46. The van der Waals surface area contributed by atoms with Crippen molar-refractivity contribution in [2.45, 2.75) is 0 Å². The summed E-state index contributed by atoms with van der Waals surface area (Å²) >= 11 is 0. The lowest BCUT2D eigenvalue weighted by atomic mass is 10.1. The van der Waals surface area contributed by atoms with Crippen molar-refractivity contribution in [3.63, 3.8) is 0 Å². The van der Waals surface area contributed by atoms with Crippen molar-refractivity contribution in [3.8, 4) is 0 Å². The van der Waals surface area contributed by atoms with Gasteiger partial charge in [0.05, 0.1) is 0 Å². The number of nitrogens with zero attached hydrogens (tertiary/aromatic N) is 1. The van der Waals surface area contributed by atoms with Gasteiger partial charge in [0.25, 0.3) is 0 Å². The van der Waals surface area contributed by atoms with E-state index in [2.05, 4.69) is 0 Å². The second-order valence-electron chi connectivity index (χ2n) is 3.74. The number of rotatable bonds is 0. The number of carbonyl (C=O) groups is 1. The fourth-order valence-electron chi connectivity index (χ4n) is 2.01. The van der Waals surface area contributed by atoms with E-state index in [1.165, 1.54) is 4.57 Å². The molecule has 0 aliphatic carbocycles. The molecule has 0 radical (unpaired) electrons. The molecule has 3 rings (SSSR count). The number of fused-ring (bicyclic) bond motifs is 3. The fraction of sp³-hybridized carbons (Fsp3) is 0. The molecule has 0 spiro atoms. The van der Waals surface area contributed by atoms with Crippen LogP contribution in [0, 0.1) is 0 Å². The monoisotopic (exact) mass is 211 g/mol. The molecule has 78 valence electrons. The highest BCUT2D eigenvalue weighted by atomic mass is 16.4. The molecule has 1 heterocycles. The number of aromatic nitrogens is 1. The van der Waals surface area contributed by atoms with E-state index in [1.54, 1.807) is 12.4 Å². The van der Waals surface area contributed by atoms with Gasteiger partial charge < -0.3 is 5.11 Å². The molecule has 0 bridgehead atoms. The molecule has 0 aliphatic rings. The van der Waals surface area contributed by atoms with Crippen LogP contribution < -0.4 is 0 Å². The minimum absolute atomic E-state index is 0.945. The molecule has 0 saturated carbocycles. The molecule has 2 aromatic carbocycles. The molecule has 0 saturated heterocycles. The Labute approximate surface area is 91.5 Å². The predicted molar refractivity (Wildman–Crippen MR) is 62.9 cm³/mol. The molecule has 1 aromatic heterocycles. The Hall–Kier alpha value is -2.29. The summed E-state index contributed by atoms with van der Waals surface area (Å²) in [5.74, 6) is 0. The third-order valence-corrected chi connectivity index (χ3v) is 2.77. The smallest absolute Gasteiger partial charge is 0.415 e. The number of benzene rings is 2. The van der Waals surface area contributed by atoms with Crippen LogP contribution in [-0.4, -0.2) is 15.8 Å². The predicted octanol–water partition coefficient (Wildman–Crippen LogP) is 3.32. The summed E-state index contributed by atoms with van der Waals surface area (Å²) in [5, 5.41) is 13.0. The molecule has 0 atom stereocenters. The second kappa shape index (κ2) is 3.10. The number of hydrogen-bond acceptors (Lipinski definition) is 1. The lowest BCUT2D eigenvalue weighted by Gasteiger charge is -1.97. The Bertz CT molecular complexity index is 697. The van der Waals surface area contributed by atoms with Gasteiger partial charge in [-0.15, -0.1) is 0 Å². The first kappa shape index (κ1) is 8.97. The summed E-state index contributed by atoms with van der Waals surface area (Å²) in [6, 6.07) is 11.9. The second-order valence-corrected chi connectivity index (χ2v) is 3.74. The third-order valence-electron chi connectivity index (χ3n) is 2.77. The summed E-state index contributed by atoms with van der Waals surface area (Å²) in [6.45, 7) is 0. The zero-order chi connectivity index (χ0) is 11.1. The van der Waals surface area contributed by atoms with Gasteiger partial charge in [-0.25, -0.2) is 4.79 Å². The largest absolute Gasteiger partial charge is 0.464 e. The minimum Gasteiger partial charge on any atom is -0.464 e. The van der Waals surface area contributed by atoms with E-state index >= 15 is 0 Å². The van der Waals surface area contributed by atoms with Crippen molar-refractivity contribution in [1.82, 2.24) is 4.57 Å². The van der Waals surface area contributed by atoms with Gasteiger partial charge in [-0.1, -0.05) is 36.4 Å². The Kier molecular flexibility index (Phi) is 1.74. The lowest BCUT2D eigenvalue weighted by Crippen LogP contribution is -2.03. The van der Waals surface area contributed by atoms with Crippen LogP contribution in [0.25, 0.3) is 21.5 Å². The van der Waals surface area contributed by atoms with Gasteiger partial charge in [0.2, 0.25) is 0 Å². The van der Waals surface area contributed by atoms with Crippen molar-refractivity contribution in [2.75, 3.05) is 0 Å². The average Bonchev–Trinajstić information content (AvgIpc) is 2.73. The van der Waals surface area contributed by atoms with Gasteiger partial charge in [0.15, 0.2) is 0 Å². The van der Waals surface area contributed by atoms with Crippen LogP contribution in [0.15, 0.2) is 48.8 Å². The molecule has 3 aromatic rings. The first-order valence-corrected chi connectivity index (χ1v) is 4.98. The van der Waals surface area contributed by atoms with Gasteiger partial charge >= 0.3 is 6.09 Å². The van der Waals surface area contributed by atoms with Crippen molar-refractivity contribution in [2.24, 2.45) is 0 Å². The zero-order valence-corrected chi connectivity index (χ0v) is 8.42. The molecule has 0 unspecified atom stereocenters. The van der Waals surface area contributed by atoms with E-state index in [1.807, 2.05) is 36.4 Å². The highest BCUT2D eigenvalue weighted by Gasteiger charge is 2.06. The van der Waals surface area contributed by atoms with Crippen molar-refractivity contribution in [3.05, 3.63) is 48.8 Å². The molecular formula is C13H9NO2. The quantitative estimate of drug-likeness (QED) is 0.619. The van der Waals surface area contributed by atoms with E-state index in [0.717, 1.165) is 21.5 Å². The maximum atomic E-state index is 10.9. The van der Waals surface area contributed by atoms with Gasteiger partial charge in [0.1, 0.15) is 0 Å². The van der Waals surface area contributed by atoms with E-state index < -0.39 is 6.09 Å². The average molecular weight is 211 g/mol. The molecule has 3 nitrogen and oxygen atoms in total. The SMILES string of the molecule is O=C(O)n1cc2ccc3ccccc3c2c1. The summed E-state index contributed by atoms with van der Waals surface area (Å²) < 4.78 is 1.19. The first-order chi connectivity index (χ1) is 7.75. The van der Waals surface area contributed by atoms with Crippen LogP contribution in [0.5, 0.6) is 0 Å². The van der Waals surface area contributed by atoms with Crippen LogP contribution >= 0.6 is 0 Å². The lowest BCUT2D eigenvalue weighted by molar-refractivity contribution is 0.196. The van der Waals surface area contributed by atoms with Crippen molar-refractivity contribution in [1.29, 1.82) is 0 Å². The van der Waals surface area contributed by atoms with E-state index in [-0.39, 0.29) is 0 Å². The van der Waals surface area contributed by atoms with Gasteiger partial charge in [0, 0.05) is 23.2 Å². The van der Waals surface area contributed by atoms with Gasteiger partial charge in [-0.3, -0.25) is 4.57 Å². The standard InChI is InChI=1S/C13H9NO2/c15-13(16)14-7-10-6-5-9-3-1-2-4-11(9)12(10)8-14/h1-8H,(H,15,16). The maximum absolute atomic E-state index is 10.9. The topological polar surface area (TPSA) is 42.2 Å². The van der Waals surface area contributed by atoms with Crippen LogP contribution in [-0.2, 0) is 0 Å². The molecule has 0 amide bonds. The van der Waals surface area contributed by atoms with E-state index in [0.29, 0.717) is 0 Å². The Morgan fingerprint density at radius 1 is 0.938 bits per heavy atom.